The third-order valence-corrected chi connectivity index (χ3v) is 7.49. The van der Waals surface area contributed by atoms with Crippen molar-refractivity contribution in [2.75, 3.05) is 6.54 Å². The largest absolute Gasteiger partial charge is 0.508 e. The number of phenols is 1. The lowest BCUT2D eigenvalue weighted by molar-refractivity contribution is -0.140. The molecule has 0 bridgehead atoms. The molecule has 11 nitrogen and oxygen atoms in total. The highest BCUT2D eigenvalue weighted by Crippen LogP contribution is 2.20. The number of likely N-dealkylation sites (tertiary alicyclic amines) is 1. The molecule has 5 atom stereocenters. The number of aromatic hydroxyl groups is 1. The van der Waals surface area contributed by atoms with Gasteiger partial charge in [0.2, 0.25) is 23.6 Å². The van der Waals surface area contributed by atoms with Crippen LogP contribution in [0.5, 0.6) is 5.75 Å². The molecule has 9 N–H and O–H groups in total. The fourth-order valence-corrected chi connectivity index (χ4v) is 5.22. The van der Waals surface area contributed by atoms with Crippen molar-refractivity contribution in [1.29, 1.82) is 0 Å². The normalized spacial score (nSPS) is 17.5. The van der Waals surface area contributed by atoms with Crippen LogP contribution in [-0.2, 0) is 38.4 Å². The SMILES string of the molecule is Br.Br.NC(=O)[C@H](Cc1ccccc1)NC(=O)[C@@H](Cc1ccccc1)NC(=O)[C@@H]1C[C@H](N)CN1C(=O)[C@@H](N)Cc1ccc(O)cc1. The first-order valence-corrected chi connectivity index (χ1v) is 14.2. The van der Waals surface area contributed by atoms with Gasteiger partial charge in [0.25, 0.3) is 0 Å². The Morgan fingerprint density at radius 3 is 1.82 bits per heavy atom. The van der Waals surface area contributed by atoms with Gasteiger partial charge in [0, 0.05) is 25.4 Å². The average Bonchev–Trinajstić information content (AvgIpc) is 3.39. The van der Waals surface area contributed by atoms with E-state index in [-0.39, 0.29) is 71.9 Å². The summed E-state index contributed by atoms with van der Waals surface area (Å²) in [6.45, 7) is 0.135. The molecule has 13 heteroatoms. The van der Waals surface area contributed by atoms with Crippen molar-refractivity contribution in [1.82, 2.24) is 15.5 Å². The van der Waals surface area contributed by atoms with Gasteiger partial charge in [-0.25, -0.2) is 0 Å². The third kappa shape index (κ3) is 10.7. The third-order valence-electron chi connectivity index (χ3n) is 7.49. The summed E-state index contributed by atoms with van der Waals surface area (Å²) >= 11 is 0. The average molecular weight is 749 g/mol. The summed E-state index contributed by atoms with van der Waals surface area (Å²) in [4.78, 5) is 54.2. The number of amides is 4. The molecule has 242 valence electrons. The minimum absolute atomic E-state index is 0. The number of phenolic OH excluding ortho intramolecular Hbond substituents is 1. The molecule has 1 saturated heterocycles. The van der Waals surface area contributed by atoms with Crippen molar-refractivity contribution in [2.24, 2.45) is 17.2 Å². The Hall–Kier alpha value is -3.78. The number of hydrogen-bond donors (Lipinski definition) is 6. The number of primary amides is 1. The second kappa shape index (κ2) is 17.6. The maximum Gasteiger partial charge on any atom is 0.243 e. The van der Waals surface area contributed by atoms with Crippen LogP contribution in [-0.4, -0.2) is 70.4 Å². The summed E-state index contributed by atoms with van der Waals surface area (Å²) in [5.41, 5.74) is 20.4. The number of benzene rings is 3. The molecule has 1 aliphatic rings. The standard InChI is InChI=1S/C32H38N6O5.2BrH/c33-23-18-28(38(19-23)32(43)25(34)15-22-11-13-24(39)14-12-22)31(42)37-27(17-21-9-5-2-6-10-21)30(41)36-26(29(35)40)16-20-7-3-1-4-8-20;;/h1-14,23,25-28,39H,15-19,33-34H2,(H2,35,40)(H,36,41)(H,37,42);2*1H/t23-,25-,26-,27+,28-;;/m0../s1. The Bertz CT molecular complexity index is 1410. The van der Waals surface area contributed by atoms with Crippen LogP contribution in [0, 0.1) is 0 Å². The van der Waals surface area contributed by atoms with Crippen molar-refractivity contribution >= 4 is 57.6 Å². The summed E-state index contributed by atoms with van der Waals surface area (Å²) in [7, 11) is 0. The van der Waals surface area contributed by atoms with Crippen molar-refractivity contribution in [3.8, 4) is 5.75 Å². The highest BCUT2D eigenvalue weighted by Gasteiger charge is 2.41. The van der Waals surface area contributed by atoms with E-state index in [1.807, 2.05) is 60.7 Å². The molecule has 1 heterocycles. The highest BCUT2D eigenvalue weighted by molar-refractivity contribution is 8.93. The van der Waals surface area contributed by atoms with E-state index in [1.54, 1.807) is 12.1 Å². The van der Waals surface area contributed by atoms with Gasteiger partial charge >= 0.3 is 0 Å². The van der Waals surface area contributed by atoms with Gasteiger partial charge in [-0.1, -0.05) is 72.8 Å². The van der Waals surface area contributed by atoms with Gasteiger partial charge in [-0.05, 0) is 41.7 Å². The van der Waals surface area contributed by atoms with Gasteiger partial charge in [-0.3, -0.25) is 19.2 Å². The predicted octanol–water partition coefficient (Wildman–Crippen LogP) is 1.29. The van der Waals surface area contributed by atoms with Gasteiger partial charge < -0.3 is 37.8 Å². The van der Waals surface area contributed by atoms with Crippen molar-refractivity contribution in [3.63, 3.8) is 0 Å². The number of rotatable bonds is 12. The number of carbonyl (C=O) groups excluding carboxylic acids is 4. The molecule has 4 amide bonds. The van der Waals surface area contributed by atoms with Crippen LogP contribution < -0.4 is 27.8 Å². The van der Waals surface area contributed by atoms with Crippen LogP contribution in [0.3, 0.4) is 0 Å². The summed E-state index contributed by atoms with van der Waals surface area (Å²) < 4.78 is 0. The molecular weight excluding hydrogens is 708 g/mol. The van der Waals surface area contributed by atoms with Crippen LogP contribution in [0.4, 0.5) is 0 Å². The lowest BCUT2D eigenvalue weighted by atomic mass is 10.0. The van der Waals surface area contributed by atoms with E-state index in [0.29, 0.717) is 0 Å². The topological polar surface area (TPSA) is 194 Å². The molecule has 4 rings (SSSR count). The summed E-state index contributed by atoms with van der Waals surface area (Å²) in [6.07, 6.45) is 0.726. The van der Waals surface area contributed by atoms with Crippen LogP contribution in [0.2, 0.25) is 0 Å². The fourth-order valence-electron chi connectivity index (χ4n) is 5.22. The second-order valence-corrected chi connectivity index (χ2v) is 10.9. The Balaban J connectivity index is 0.00000353. The molecule has 0 unspecified atom stereocenters. The number of nitrogens with two attached hydrogens (primary N) is 3. The Labute approximate surface area is 283 Å². The van der Waals surface area contributed by atoms with Crippen LogP contribution >= 0.6 is 34.0 Å². The van der Waals surface area contributed by atoms with Crippen molar-refractivity contribution < 1.29 is 24.3 Å². The Morgan fingerprint density at radius 1 is 0.778 bits per heavy atom. The van der Waals surface area contributed by atoms with E-state index >= 15 is 0 Å². The Kier molecular flexibility index (Phi) is 14.7. The molecule has 3 aromatic carbocycles. The van der Waals surface area contributed by atoms with E-state index in [9.17, 15) is 24.3 Å². The first kappa shape index (κ1) is 37.4. The molecule has 0 aliphatic carbocycles. The molecule has 1 aliphatic heterocycles. The van der Waals surface area contributed by atoms with Crippen molar-refractivity contribution in [3.05, 3.63) is 102 Å². The van der Waals surface area contributed by atoms with E-state index in [2.05, 4.69) is 10.6 Å². The number of nitrogens with zero attached hydrogens (tertiary/aromatic N) is 1. The lowest BCUT2D eigenvalue weighted by Gasteiger charge is -2.29. The zero-order chi connectivity index (χ0) is 30.9. The van der Waals surface area contributed by atoms with Crippen LogP contribution in [0.25, 0.3) is 0 Å². The van der Waals surface area contributed by atoms with E-state index in [4.69, 9.17) is 17.2 Å². The number of nitrogens with one attached hydrogen (secondary N) is 2. The molecule has 0 spiro atoms. The molecule has 0 radical (unpaired) electrons. The van der Waals surface area contributed by atoms with Crippen LogP contribution in [0.15, 0.2) is 84.9 Å². The Morgan fingerprint density at radius 2 is 1.29 bits per heavy atom. The van der Waals surface area contributed by atoms with E-state index < -0.39 is 53.8 Å². The smallest absolute Gasteiger partial charge is 0.243 e. The fraction of sp³-hybridized carbons (Fsp3) is 0.312. The predicted molar refractivity (Wildman–Crippen MR) is 182 cm³/mol. The second-order valence-electron chi connectivity index (χ2n) is 10.9. The quantitative estimate of drug-likeness (QED) is 0.161. The molecule has 45 heavy (non-hydrogen) atoms. The van der Waals surface area contributed by atoms with Gasteiger partial charge in [0.15, 0.2) is 0 Å². The number of hydrogen-bond acceptors (Lipinski definition) is 7. The van der Waals surface area contributed by atoms with E-state index in [0.717, 1.165) is 16.7 Å². The van der Waals surface area contributed by atoms with Gasteiger partial charge in [-0.2, -0.15) is 0 Å². The van der Waals surface area contributed by atoms with Gasteiger partial charge in [0.05, 0.1) is 6.04 Å². The maximum absolute atomic E-state index is 13.6. The maximum atomic E-state index is 13.6. The summed E-state index contributed by atoms with van der Waals surface area (Å²) in [5, 5.41) is 15.0. The zero-order valence-corrected chi connectivity index (χ0v) is 28.0. The number of carbonyl (C=O) groups is 4. The molecule has 3 aromatic rings. The van der Waals surface area contributed by atoms with Gasteiger partial charge in [-0.15, -0.1) is 34.0 Å². The van der Waals surface area contributed by atoms with Gasteiger partial charge in [0.1, 0.15) is 23.9 Å². The molecular formula is C32H40Br2N6O5. The minimum atomic E-state index is -1.06. The molecule has 0 aromatic heterocycles. The zero-order valence-electron chi connectivity index (χ0n) is 24.6. The monoisotopic (exact) mass is 746 g/mol. The van der Waals surface area contributed by atoms with E-state index in [1.165, 1.54) is 17.0 Å². The van der Waals surface area contributed by atoms with Crippen LogP contribution in [0.1, 0.15) is 23.1 Å². The van der Waals surface area contributed by atoms with Crippen molar-refractivity contribution in [2.45, 2.75) is 55.9 Å². The molecule has 1 fully saturated rings. The summed E-state index contributed by atoms with van der Waals surface area (Å²) in [6, 6.07) is 20.2. The highest BCUT2D eigenvalue weighted by atomic mass is 79.9. The number of halogens is 2. The first-order valence-electron chi connectivity index (χ1n) is 14.2. The molecule has 0 saturated carbocycles. The first-order chi connectivity index (χ1) is 20.6. The minimum Gasteiger partial charge on any atom is -0.508 e. The lowest BCUT2D eigenvalue weighted by Crippen LogP contribution is -2.58. The summed E-state index contributed by atoms with van der Waals surface area (Å²) in [5.74, 6) is -2.18.